The molecule has 5 heteroatoms. The van der Waals surface area contributed by atoms with Gasteiger partial charge in [-0.1, -0.05) is 12.8 Å². The van der Waals surface area contributed by atoms with Crippen molar-refractivity contribution in [3.05, 3.63) is 34.1 Å². The highest BCUT2D eigenvalue weighted by atomic mass is 79.9. The number of nitrogens with one attached hydrogen (secondary N) is 1. The highest BCUT2D eigenvalue weighted by molar-refractivity contribution is 9.10. The number of carbonyl (C=O) groups is 1. The fourth-order valence-electron chi connectivity index (χ4n) is 2.14. The largest absolute Gasteiger partial charge is 0.348 e. The van der Waals surface area contributed by atoms with E-state index in [4.69, 9.17) is 11.6 Å². The number of benzene rings is 1. The van der Waals surface area contributed by atoms with Crippen molar-refractivity contribution in [1.29, 1.82) is 0 Å². The molecule has 1 amide bonds. The van der Waals surface area contributed by atoms with Crippen LogP contribution in [0.15, 0.2) is 22.7 Å². The molecule has 1 saturated carbocycles. The Kier molecular flexibility index (Phi) is 4.62. The third kappa shape index (κ3) is 3.23. The second kappa shape index (κ2) is 6.02. The van der Waals surface area contributed by atoms with E-state index >= 15 is 0 Å². The standard InChI is InChI=1S/C13H14BrClFNO/c14-9-6-5-8(7-11(9)16)13(18)17-12-4-2-1-3-10(12)15/h5-7,10,12H,1-4H2,(H,17,18). The van der Waals surface area contributed by atoms with Gasteiger partial charge in [0.15, 0.2) is 0 Å². The van der Waals surface area contributed by atoms with Crippen molar-refractivity contribution in [2.75, 3.05) is 0 Å². The molecule has 0 radical (unpaired) electrons. The molecule has 1 aromatic rings. The Balaban J connectivity index is 2.04. The summed E-state index contributed by atoms with van der Waals surface area (Å²) in [5.74, 6) is -0.701. The van der Waals surface area contributed by atoms with Crippen LogP contribution in [0.5, 0.6) is 0 Å². The zero-order chi connectivity index (χ0) is 13.1. The number of rotatable bonds is 2. The first-order valence-electron chi connectivity index (χ1n) is 5.98. The minimum Gasteiger partial charge on any atom is -0.348 e. The Morgan fingerprint density at radius 2 is 2.11 bits per heavy atom. The van der Waals surface area contributed by atoms with E-state index in [2.05, 4.69) is 21.2 Å². The first-order valence-corrected chi connectivity index (χ1v) is 7.21. The Labute approximate surface area is 119 Å². The fraction of sp³-hybridized carbons (Fsp3) is 0.462. The molecule has 0 heterocycles. The molecule has 2 nitrogen and oxygen atoms in total. The number of hydrogen-bond acceptors (Lipinski definition) is 1. The lowest BCUT2D eigenvalue weighted by Gasteiger charge is -2.27. The maximum absolute atomic E-state index is 13.3. The van der Waals surface area contributed by atoms with E-state index in [9.17, 15) is 9.18 Å². The monoisotopic (exact) mass is 333 g/mol. The van der Waals surface area contributed by atoms with Crippen molar-refractivity contribution in [1.82, 2.24) is 5.32 Å². The van der Waals surface area contributed by atoms with Gasteiger partial charge in [-0.05, 0) is 47.0 Å². The molecule has 2 rings (SSSR count). The third-order valence-corrected chi connectivity index (χ3v) is 4.35. The SMILES string of the molecule is O=C(NC1CCCCC1Cl)c1ccc(Br)c(F)c1. The number of hydrogen-bond donors (Lipinski definition) is 1. The smallest absolute Gasteiger partial charge is 0.251 e. The molecule has 0 spiro atoms. The average molecular weight is 335 g/mol. The highest BCUT2D eigenvalue weighted by Crippen LogP contribution is 2.23. The quantitative estimate of drug-likeness (QED) is 0.817. The van der Waals surface area contributed by atoms with Gasteiger partial charge in [0.1, 0.15) is 5.82 Å². The van der Waals surface area contributed by atoms with Gasteiger partial charge in [-0.15, -0.1) is 11.6 Å². The Morgan fingerprint density at radius 1 is 1.39 bits per heavy atom. The van der Waals surface area contributed by atoms with Crippen LogP contribution >= 0.6 is 27.5 Å². The lowest BCUT2D eigenvalue weighted by atomic mass is 9.94. The molecule has 1 fully saturated rings. The molecule has 2 atom stereocenters. The molecular formula is C13H14BrClFNO. The van der Waals surface area contributed by atoms with Crippen molar-refractivity contribution in [3.8, 4) is 0 Å². The van der Waals surface area contributed by atoms with Crippen LogP contribution in [-0.4, -0.2) is 17.3 Å². The zero-order valence-corrected chi connectivity index (χ0v) is 12.1. The van der Waals surface area contributed by atoms with Gasteiger partial charge >= 0.3 is 0 Å². The summed E-state index contributed by atoms with van der Waals surface area (Å²) in [5.41, 5.74) is 0.324. The molecule has 98 valence electrons. The average Bonchev–Trinajstić information content (AvgIpc) is 2.35. The van der Waals surface area contributed by atoms with E-state index < -0.39 is 5.82 Å². The lowest BCUT2D eigenvalue weighted by molar-refractivity contribution is 0.0928. The summed E-state index contributed by atoms with van der Waals surface area (Å²) < 4.78 is 13.7. The van der Waals surface area contributed by atoms with E-state index in [1.165, 1.54) is 12.1 Å². The van der Waals surface area contributed by atoms with Gasteiger partial charge in [0.25, 0.3) is 5.91 Å². The first kappa shape index (κ1) is 13.8. The van der Waals surface area contributed by atoms with Crippen molar-refractivity contribution >= 4 is 33.4 Å². The van der Waals surface area contributed by atoms with Crippen molar-refractivity contribution in [2.45, 2.75) is 37.1 Å². The molecule has 18 heavy (non-hydrogen) atoms. The maximum Gasteiger partial charge on any atom is 0.251 e. The third-order valence-electron chi connectivity index (χ3n) is 3.18. The van der Waals surface area contributed by atoms with Crippen LogP contribution < -0.4 is 5.32 Å². The molecule has 0 aromatic heterocycles. The summed E-state index contributed by atoms with van der Waals surface area (Å²) in [7, 11) is 0. The van der Waals surface area contributed by atoms with Crippen LogP contribution in [0.25, 0.3) is 0 Å². The Bertz CT molecular complexity index is 455. The summed E-state index contributed by atoms with van der Waals surface area (Å²) >= 11 is 9.23. The molecular weight excluding hydrogens is 321 g/mol. The fourth-order valence-corrected chi connectivity index (χ4v) is 2.73. The van der Waals surface area contributed by atoms with Gasteiger partial charge in [0.2, 0.25) is 0 Å². The van der Waals surface area contributed by atoms with Crippen LogP contribution in [0.4, 0.5) is 4.39 Å². The second-order valence-electron chi connectivity index (χ2n) is 4.51. The number of amides is 1. The zero-order valence-electron chi connectivity index (χ0n) is 9.76. The Morgan fingerprint density at radius 3 is 2.78 bits per heavy atom. The van der Waals surface area contributed by atoms with Gasteiger partial charge in [-0.3, -0.25) is 4.79 Å². The lowest BCUT2D eigenvalue weighted by Crippen LogP contribution is -2.42. The van der Waals surface area contributed by atoms with Gasteiger partial charge in [0, 0.05) is 11.6 Å². The molecule has 0 aliphatic heterocycles. The minimum atomic E-state index is -0.436. The molecule has 1 aromatic carbocycles. The molecule has 0 saturated heterocycles. The molecule has 1 aliphatic rings. The summed E-state index contributed by atoms with van der Waals surface area (Å²) in [6.07, 6.45) is 3.98. The van der Waals surface area contributed by atoms with Gasteiger partial charge < -0.3 is 5.32 Å². The maximum atomic E-state index is 13.3. The summed E-state index contributed by atoms with van der Waals surface area (Å²) in [5, 5.41) is 2.85. The van der Waals surface area contributed by atoms with Crippen molar-refractivity contribution in [2.24, 2.45) is 0 Å². The van der Waals surface area contributed by atoms with Crippen molar-refractivity contribution in [3.63, 3.8) is 0 Å². The number of alkyl halides is 1. The van der Waals surface area contributed by atoms with E-state index in [0.717, 1.165) is 25.7 Å². The number of carbonyl (C=O) groups excluding carboxylic acids is 1. The number of halogens is 3. The predicted octanol–water partition coefficient (Wildman–Crippen LogP) is 3.87. The molecule has 2 unspecified atom stereocenters. The van der Waals surface area contributed by atoms with Gasteiger partial charge in [-0.2, -0.15) is 0 Å². The normalized spacial score (nSPS) is 23.7. The van der Waals surface area contributed by atoms with Crippen molar-refractivity contribution < 1.29 is 9.18 Å². The van der Waals surface area contributed by atoms with Crippen LogP contribution in [0.1, 0.15) is 36.0 Å². The van der Waals surface area contributed by atoms with Crippen LogP contribution in [0.2, 0.25) is 0 Å². The minimum absolute atomic E-state index is 0.0142. The van der Waals surface area contributed by atoms with Crippen LogP contribution in [0.3, 0.4) is 0 Å². The Hall–Kier alpha value is -0.610. The van der Waals surface area contributed by atoms with Gasteiger partial charge in [0.05, 0.1) is 9.85 Å². The van der Waals surface area contributed by atoms with Crippen LogP contribution in [-0.2, 0) is 0 Å². The first-order chi connectivity index (χ1) is 8.58. The topological polar surface area (TPSA) is 29.1 Å². The van der Waals surface area contributed by atoms with E-state index in [0.29, 0.717) is 10.0 Å². The van der Waals surface area contributed by atoms with E-state index in [1.54, 1.807) is 6.07 Å². The molecule has 0 bridgehead atoms. The molecule has 1 N–H and O–H groups in total. The summed E-state index contributed by atoms with van der Waals surface area (Å²) in [6.45, 7) is 0. The van der Waals surface area contributed by atoms with Crippen LogP contribution in [0, 0.1) is 5.82 Å². The summed E-state index contributed by atoms with van der Waals surface area (Å²) in [6, 6.07) is 4.34. The predicted molar refractivity (Wildman–Crippen MR) is 73.5 cm³/mol. The summed E-state index contributed by atoms with van der Waals surface area (Å²) in [4.78, 5) is 12.0. The second-order valence-corrected chi connectivity index (χ2v) is 5.92. The molecule has 1 aliphatic carbocycles. The highest BCUT2D eigenvalue weighted by Gasteiger charge is 2.25. The van der Waals surface area contributed by atoms with E-state index in [1.807, 2.05) is 0 Å². The van der Waals surface area contributed by atoms with Gasteiger partial charge in [-0.25, -0.2) is 4.39 Å². The van der Waals surface area contributed by atoms with E-state index in [-0.39, 0.29) is 17.3 Å².